The van der Waals surface area contributed by atoms with Crippen LogP contribution in [0.3, 0.4) is 0 Å². The Labute approximate surface area is 204 Å². The largest absolute Gasteiger partial charge is 0.457 e. The van der Waals surface area contributed by atoms with Gasteiger partial charge in [0.25, 0.3) is 0 Å². The lowest BCUT2D eigenvalue weighted by Gasteiger charge is -2.17. The second-order valence-corrected chi connectivity index (χ2v) is 7.92. The molecule has 3 N–H and O–H groups in total. The summed E-state index contributed by atoms with van der Waals surface area (Å²) in [6.07, 6.45) is -4.64. The van der Waals surface area contributed by atoms with Gasteiger partial charge in [-0.15, -0.1) is 0 Å². The molecule has 0 radical (unpaired) electrons. The molecule has 0 amide bonds. The van der Waals surface area contributed by atoms with Gasteiger partial charge in [-0.05, 0) is 47.5 Å². The van der Waals surface area contributed by atoms with Gasteiger partial charge in [-0.25, -0.2) is 4.98 Å². The fourth-order valence-corrected chi connectivity index (χ4v) is 3.95. The molecule has 0 bridgehead atoms. The van der Waals surface area contributed by atoms with Gasteiger partial charge in [-0.2, -0.15) is 23.1 Å². The number of hydrogen-bond donors (Lipinski definition) is 2. The molecule has 0 saturated heterocycles. The summed E-state index contributed by atoms with van der Waals surface area (Å²) in [6, 6.07) is 23.8. The van der Waals surface area contributed by atoms with E-state index in [1.54, 1.807) is 25.2 Å². The number of nitrogens with two attached hydrogens (primary N) is 1. The van der Waals surface area contributed by atoms with Crippen LogP contribution in [-0.2, 0) is 6.18 Å². The molecule has 0 fully saturated rings. The number of benzene rings is 3. The van der Waals surface area contributed by atoms with E-state index in [2.05, 4.69) is 20.3 Å². The maximum Gasteiger partial charge on any atom is 0.417 e. The zero-order valence-corrected chi connectivity index (χ0v) is 19.0. The highest BCUT2D eigenvalue weighted by Crippen LogP contribution is 2.43. The van der Waals surface area contributed by atoms with Gasteiger partial charge in [0.15, 0.2) is 5.65 Å². The number of rotatable bonds is 5. The fourth-order valence-electron chi connectivity index (χ4n) is 3.95. The molecule has 0 aliphatic heterocycles. The molecule has 9 heteroatoms. The number of fused-ring (bicyclic) bond motifs is 1. The van der Waals surface area contributed by atoms with E-state index in [0.29, 0.717) is 17.0 Å². The van der Waals surface area contributed by atoms with Crippen molar-refractivity contribution in [2.75, 3.05) is 18.1 Å². The van der Waals surface area contributed by atoms with E-state index in [0.717, 1.165) is 17.2 Å². The van der Waals surface area contributed by atoms with Crippen molar-refractivity contribution in [1.82, 2.24) is 15.0 Å². The number of ether oxygens (including phenoxy) is 1. The first-order valence-corrected chi connectivity index (χ1v) is 11.0. The predicted molar refractivity (Wildman–Crippen MR) is 134 cm³/mol. The summed E-state index contributed by atoms with van der Waals surface area (Å²) in [7, 11) is 1.66. The van der Waals surface area contributed by atoms with Crippen LogP contribution < -0.4 is 15.8 Å². The van der Waals surface area contributed by atoms with E-state index in [9.17, 15) is 13.2 Å². The monoisotopic (exact) mass is 487 g/mol. The van der Waals surface area contributed by atoms with Crippen LogP contribution in [0.4, 0.5) is 24.9 Å². The van der Waals surface area contributed by atoms with Crippen molar-refractivity contribution < 1.29 is 17.9 Å². The molecule has 0 aliphatic rings. The van der Waals surface area contributed by atoms with Crippen molar-refractivity contribution in [3.05, 3.63) is 90.5 Å². The van der Waals surface area contributed by atoms with Crippen LogP contribution in [0.5, 0.6) is 11.5 Å². The third-order valence-corrected chi connectivity index (χ3v) is 5.59. The van der Waals surface area contributed by atoms with Crippen molar-refractivity contribution in [1.29, 1.82) is 0 Å². The van der Waals surface area contributed by atoms with Gasteiger partial charge in [-0.3, -0.25) is 0 Å². The standard InChI is InChI=1S/C27H20F3N5O/c1-32-24-19-14-15-21(33-25(19)35-26(31)34-24)23-20(27(28,29)30)8-5-9-22(23)36-18-12-10-17(11-13-18)16-6-3-2-4-7-16/h2-15H,1H3,(H3,31,32,33,34,35). The Kier molecular flexibility index (Phi) is 5.89. The van der Waals surface area contributed by atoms with Crippen molar-refractivity contribution in [3.63, 3.8) is 0 Å². The summed E-state index contributed by atoms with van der Waals surface area (Å²) in [4.78, 5) is 12.6. The van der Waals surface area contributed by atoms with Crippen LogP contribution in [0.25, 0.3) is 33.4 Å². The lowest BCUT2D eigenvalue weighted by Crippen LogP contribution is -2.09. The number of pyridine rings is 1. The average Bonchev–Trinajstić information content (AvgIpc) is 2.88. The highest BCUT2D eigenvalue weighted by molar-refractivity contribution is 5.89. The topological polar surface area (TPSA) is 86.0 Å². The first-order valence-electron chi connectivity index (χ1n) is 11.0. The lowest BCUT2D eigenvalue weighted by molar-refractivity contribution is -0.137. The van der Waals surface area contributed by atoms with Gasteiger partial charge in [0, 0.05) is 7.05 Å². The maximum absolute atomic E-state index is 14.1. The Bertz CT molecular complexity index is 1540. The molecular weight excluding hydrogens is 467 g/mol. The predicted octanol–water partition coefficient (Wildman–Crippen LogP) is 6.79. The second kappa shape index (κ2) is 9.18. The molecular formula is C27H20F3N5O. The molecule has 0 atom stereocenters. The van der Waals surface area contributed by atoms with Gasteiger partial charge in [0.05, 0.1) is 22.2 Å². The molecule has 6 nitrogen and oxygen atoms in total. The quantitative estimate of drug-likeness (QED) is 0.284. The molecule has 0 aliphatic carbocycles. The highest BCUT2D eigenvalue weighted by atomic mass is 19.4. The van der Waals surface area contributed by atoms with Crippen LogP contribution in [0, 0.1) is 0 Å². The molecule has 0 spiro atoms. The number of nitrogens with zero attached hydrogens (tertiary/aromatic N) is 3. The van der Waals surface area contributed by atoms with Crippen LogP contribution >= 0.6 is 0 Å². The third-order valence-electron chi connectivity index (χ3n) is 5.59. The molecule has 36 heavy (non-hydrogen) atoms. The summed E-state index contributed by atoms with van der Waals surface area (Å²) < 4.78 is 48.1. The Balaban J connectivity index is 1.60. The maximum atomic E-state index is 14.1. The first kappa shape index (κ1) is 23.1. The minimum Gasteiger partial charge on any atom is -0.457 e. The van der Waals surface area contributed by atoms with E-state index < -0.39 is 11.7 Å². The van der Waals surface area contributed by atoms with Crippen molar-refractivity contribution in [2.24, 2.45) is 0 Å². The minimum absolute atomic E-state index is 0.0139. The molecule has 0 unspecified atom stereocenters. The normalized spacial score (nSPS) is 11.4. The van der Waals surface area contributed by atoms with E-state index in [-0.39, 0.29) is 28.6 Å². The van der Waals surface area contributed by atoms with Crippen LogP contribution in [0.1, 0.15) is 5.56 Å². The van der Waals surface area contributed by atoms with Gasteiger partial charge in [-0.1, -0.05) is 48.5 Å². The lowest BCUT2D eigenvalue weighted by atomic mass is 10.0. The molecule has 180 valence electrons. The summed E-state index contributed by atoms with van der Waals surface area (Å²) in [5, 5.41) is 3.42. The van der Waals surface area contributed by atoms with Crippen molar-refractivity contribution in [2.45, 2.75) is 6.18 Å². The highest BCUT2D eigenvalue weighted by Gasteiger charge is 2.36. The Morgan fingerprint density at radius 1 is 0.778 bits per heavy atom. The Morgan fingerprint density at radius 2 is 1.50 bits per heavy atom. The summed E-state index contributed by atoms with van der Waals surface area (Å²) in [5.74, 6) is 0.784. The zero-order valence-electron chi connectivity index (χ0n) is 19.0. The number of hydrogen-bond acceptors (Lipinski definition) is 6. The number of halogens is 3. The van der Waals surface area contributed by atoms with Crippen LogP contribution in [-0.4, -0.2) is 22.0 Å². The van der Waals surface area contributed by atoms with Crippen molar-refractivity contribution >= 4 is 22.8 Å². The van der Waals surface area contributed by atoms with Crippen molar-refractivity contribution in [3.8, 4) is 33.9 Å². The molecule has 5 rings (SSSR count). The second-order valence-electron chi connectivity index (χ2n) is 7.92. The molecule has 3 aromatic carbocycles. The average molecular weight is 487 g/mol. The Morgan fingerprint density at radius 3 is 2.19 bits per heavy atom. The minimum atomic E-state index is -4.64. The number of nitrogen functional groups attached to an aromatic ring is 1. The van der Waals surface area contributed by atoms with Gasteiger partial charge in [0.1, 0.15) is 17.3 Å². The van der Waals surface area contributed by atoms with Gasteiger partial charge < -0.3 is 15.8 Å². The summed E-state index contributed by atoms with van der Waals surface area (Å²) >= 11 is 0. The number of aromatic nitrogens is 3. The number of alkyl halides is 3. The van der Waals surface area contributed by atoms with Gasteiger partial charge >= 0.3 is 6.18 Å². The Hall–Kier alpha value is -4.66. The van der Waals surface area contributed by atoms with E-state index in [4.69, 9.17) is 10.5 Å². The molecule has 0 saturated carbocycles. The SMILES string of the molecule is CNc1nc(N)nc2nc(-c3c(Oc4ccc(-c5ccccc5)cc4)cccc3C(F)(F)F)ccc12. The van der Waals surface area contributed by atoms with Gasteiger partial charge in [0.2, 0.25) is 5.95 Å². The molecule has 2 aromatic heterocycles. The van der Waals surface area contributed by atoms with E-state index in [1.165, 1.54) is 18.2 Å². The third kappa shape index (κ3) is 4.50. The number of nitrogens with one attached hydrogen (secondary N) is 1. The molecule has 2 heterocycles. The summed E-state index contributed by atoms with van der Waals surface area (Å²) in [5.41, 5.74) is 6.90. The van der Waals surface area contributed by atoms with Crippen LogP contribution in [0.2, 0.25) is 0 Å². The zero-order chi connectivity index (χ0) is 25.3. The molecule has 5 aromatic rings. The van der Waals surface area contributed by atoms with E-state index >= 15 is 0 Å². The fraction of sp³-hybridized carbons (Fsp3) is 0.0741. The number of anilines is 2. The van der Waals surface area contributed by atoms with E-state index in [1.807, 2.05) is 42.5 Å². The smallest absolute Gasteiger partial charge is 0.417 e. The first-order chi connectivity index (χ1) is 17.3. The summed E-state index contributed by atoms with van der Waals surface area (Å²) in [6.45, 7) is 0. The van der Waals surface area contributed by atoms with Crippen LogP contribution in [0.15, 0.2) is 84.9 Å².